The van der Waals surface area contributed by atoms with Gasteiger partial charge in [0.2, 0.25) is 0 Å². The van der Waals surface area contributed by atoms with E-state index in [2.05, 4.69) is 33.5 Å². The zero-order chi connectivity index (χ0) is 14.2. The highest BCUT2D eigenvalue weighted by Crippen LogP contribution is 2.36. The minimum Gasteiger partial charge on any atom is -0.377 e. The fourth-order valence-corrected chi connectivity index (χ4v) is 4.48. The highest BCUT2D eigenvalue weighted by atomic mass is 32.1. The summed E-state index contributed by atoms with van der Waals surface area (Å²) in [6.07, 6.45) is 0. The van der Waals surface area contributed by atoms with E-state index in [9.17, 15) is 0 Å². The van der Waals surface area contributed by atoms with Crippen molar-refractivity contribution < 1.29 is 4.74 Å². The Labute approximate surface area is 131 Å². The Morgan fingerprint density at radius 3 is 3.00 bits per heavy atom. The molecular weight excluding hydrogens is 302 g/mol. The van der Waals surface area contributed by atoms with Crippen molar-refractivity contribution in [2.45, 2.75) is 13.0 Å². The SMILES string of the molecule is Cc1csc(C2COCCN2c2nc3ccccc3s2)n1. The fourth-order valence-electron chi connectivity index (χ4n) is 2.55. The van der Waals surface area contributed by atoms with Crippen molar-refractivity contribution >= 4 is 38.0 Å². The second-order valence-corrected chi connectivity index (χ2v) is 6.97. The van der Waals surface area contributed by atoms with E-state index in [-0.39, 0.29) is 6.04 Å². The van der Waals surface area contributed by atoms with Crippen molar-refractivity contribution in [1.29, 1.82) is 0 Å². The van der Waals surface area contributed by atoms with Gasteiger partial charge >= 0.3 is 0 Å². The van der Waals surface area contributed by atoms with Crippen LogP contribution >= 0.6 is 22.7 Å². The molecule has 2 aromatic heterocycles. The molecule has 3 heterocycles. The lowest BCUT2D eigenvalue weighted by Gasteiger charge is -2.34. The molecule has 0 bridgehead atoms. The lowest BCUT2D eigenvalue weighted by Crippen LogP contribution is -2.39. The van der Waals surface area contributed by atoms with Gasteiger partial charge in [0.15, 0.2) is 5.13 Å². The molecule has 0 saturated carbocycles. The summed E-state index contributed by atoms with van der Waals surface area (Å²) in [6.45, 7) is 4.33. The van der Waals surface area contributed by atoms with E-state index in [0.717, 1.165) is 34.5 Å². The van der Waals surface area contributed by atoms with Gasteiger partial charge in [0.05, 0.1) is 23.4 Å². The van der Waals surface area contributed by atoms with Gasteiger partial charge in [0, 0.05) is 17.6 Å². The molecule has 1 saturated heterocycles. The maximum Gasteiger partial charge on any atom is 0.187 e. The predicted molar refractivity (Wildman–Crippen MR) is 87.4 cm³/mol. The lowest BCUT2D eigenvalue weighted by molar-refractivity contribution is 0.0940. The molecule has 1 aromatic carbocycles. The van der Waals surface area contributed by atoms with Gasteiger partial charge in [-0.1, -0.05) is 23.5 Å². The highest BCUT2D eigenvalue weighted by molar-refractivity contribution is 7.22. The van der Waals surface area contributed by atoms with Crippen molar-refractivity contribution in [2.24, 2.45) is 0 Å². The van der Waals surface area contributed by atoms with Gasteiger partial charge < -0.3 is 9.64 Å². The first-order chi connectivity index (χ1) is 10.3. The Morgan fingerprint density at radius 1 is 1.29 bits per heavy atom. The molecule has 0 N–H and O–H groups in total. The van der Waals surface area contributed by atoms with Crippen LogP contribution in [-0.2, 0) is 4.74 Å². The van der Waals surface area contributed by atoms with Gasteiger partial charge in [0.1, 0.15) is 11.0 Å². The summed E-state index contributed by atoms with van der Waals surface area (Å²) < 4.78 is 6.90. The summed E-state index contributed by atoms with van der Waals surface area (Å²) in [5.41, 5.74) is 2.14. The number of benzene rings is 1. The molecule has 1 fully saturated rings. The molecule has 1 aliphatic heterocycles. The lowest BCUT2D eigenvalue weighted by atomic mass is 10.2. The van der Waals surface area contributed by atoms with Crippen LogP contribution < -0.4 is 4.90 Å². The maximum absolute atomic E-state index is 5.67. The number of ether oxygens (including phenoxy) is 1. The minimum absolute atomic E-state index is 0.179. The number of morpholine rings is 1. The Kier molecular flexibility index (Phi) is 3.37. The molecule has 0 spiro atoms. The van der Waals surface area contributed by atoms with E-state index in [1.54, 1.807) is 22.7 Å². The molecule has 4 nitrogen and oxygen atoms in total. The molecule has 0 aliphatic carbocycles. The van der Waals surface area contributed by atoms with Crippen molar-refractivity contribution in [1.82, 2.24) is 9.97 Å². The number of anilines is 1. The average molecular weight is 317 g/mol. The molecule has 6 heteroatoms. The standard InChI is InChI=1S/C15H15N3OS2/c1-10-9-20-14(16-10)12-8-19-7-6-18(12)15-17-11-4-2-3-5-13(11)21-15/h2-5,9,12H,6-8H2,1H3. The molecule has 0 radical (unpaired) electrons. The summed E-state index contributed by atoms with van der Waals surface area (Å²) >= 11 is 3.45. The molecule has 0 amide bonds. The molecule has 4 rings (SSSR count). The largest absolute Gasteiger partial charge is 0.377 e. The smallest absolute Gasteiger partial charge is 0.187 e. The van der Waals surface area contributed by atoms with Gasteiger partial charge in [-0.2, -0.15) is 0 Å². The molecule has 1 atom stereocenters. The van der Waals surface area contributed by atoms with E-state index < -0.39 is 0 Å². The summed E-state index contributed by atoms with van der Waals surface area (Å²) in [5.74, 6) is 0. The van der Waals surface area contributed by atoms with E-state index in [1.807, 2.05) is 13.0 Å². The topological polar surface area (TPSA) is 38.2 Å². The zero-order valence-corrected chi connectivity index (χ0v) is 13.3. The average Bonchev–Trinajstić information content (AvgIpc) is 3.13. The van der Waals surface area contributed by atoms with Crippen LogP contribution in [0.1, 0.15) is 16.7 Å². The number of aromatic nitrogens is 2. The Hall–Kier alpha value is -1.50. The van der Waals surface area contributed by atoms with E-state index in [4.69, 9.17) is 9.72 Å². The Bertz CT molecular complexity index is 734. The fraction of sp³-hybridized carbons (Fsp3) is 0.333. The number of aryl methyl sites for hydroxylation is 1. The van der Waals surface area contributed by atoms with Crippen molar-refractivity contribution in [3.05, 3.63) is 40.3 Å². The number of para-hydroxylation sites is 1. The van der Waals surface area contributed by atoms with Gasteiger partial charge in [-0.05, 0) is 19.1 Å². The van der Waals surface area contributed by atoms with Gasteiger partial charge in [0.25, 0.3) is 0 Å². The van der Waals surface area contributed by atoms with Crippen molar-refractivity contribution in [3.8, 4) is 0 Å². The molecule has 3 aromatic rings. The third-order valence-electron chi connectivity index (χ3n) is 3.58. The third-order valence-corrected chi connectivity index (χ3v) is 5.72. The summed E-state index contributed by atoms with van der Waals surface area (Å²) in [6, 6.07) is 8.47. The number of thiazole rings is 2. The van der Waals surface area contributed by atoms with Crippen LogP contribution in [0.4, 0.5) is 5.13 Å². The monoisotopic (exact) mass is 317 g/mol. The normalized spacial score (nSPS) is 19.3. The van der Waals surface area contributed by atoms with Crippen LogP contribution in [0, 0.1) is 6.92 Å². The molecule has 1 unspecified atom stereocenters. The van der Waals surface area contributed by atoms with Crippen LogP contribution in [0.5, 0.6) is 0 Å². The molecule has 1 aliphatic rings. The summed E-state index contributed by atoms with van der Waals surface area (Å²) in [7, 11) is 0. The van der Waals surface area contributed by atoms with Gasteiger partial charge in [-0.25, -0.2) is 9.97 Å². The predicted octanol–water partition coefficient (Wildman–Crippen LogP) is 3.64. The Morgan fingerprint density at radius 2 is 2.19 bits per heavy atom. The second kappa shape index (κ2) is 5.36. The number of rotatable bonds is 2. The molecule has 108 valence electrons. The van der Waals surface area contributed by atoms with Gasteiger partial charge in [-0.15, -0.1) is 11.3 Å². The Balaban J connectivity index is 1.73. The first kappa shape index (κ1) is 13.2. The van der Waals surface area contributed by atoms with Crippen molar-refractivity contribution in [3.63, 3.8) is 0 Å². The van der Waals surface area contributed by atoms with Gasteiger partial charge in [-0.3, -0.25) is 0 Å². The van der Waals surface area contributed by atoms with E-state index >= 15 is 0 Å². The van der Waals surface area contributed by atoms with Crippen LogP contribution in [0.25, 0.3) is 10.2 Å². The number of hydrogen-bond acceptors (Lipinski definition) is 6. The first-order valence-corrected chi connectivity index (χ1v) is 8.63. The van der Waals surface area contributed by atoms with Crippen LogP contribution in [0.2, 0.25) is 0 Å². The molecular formula is C15H15N3OS2. The molecule has 21 heavy (non-hydrogen) atoms. The van der Waals surface area contributed by atoms with Crippen LogP contribution in [0.3, 0.4) is 0 Å². The minimum atomic E-state index is 0.179. The van der Waals surface area contributed by atoms with Crippen LogP contribution in [-0.4, -0.2) is 29.7 Å². The van der Waals surface area contributed by atoms with E-state index in [1.165, 1.54) is 4.70 Å². The van der Waals surface area contributed by atoms with E-state index in [0.29, 0.717) is 6.61 Å². The second-order valence-electron chi connectivity index (χ2n) is 5.08. The summed E-state index contributed by atoms with van der Waals surface area (Å²) in [4.78, 5) is 11.8. The highest BCUT2D eigenvalue weighted by Gasteiger charge is 2.29. The maximum atomic E-state index is 5.67. The zero-order valence-electron chi connectivity index (χ0n) is 11.7. The number of nitrogens with zero attached hydrogens (tertiary/aromatic N) is 3. The van der Waals surface area contributed by atoms with Crippen LogP contribution in [0.15, 0.2) is 29.6 Å². The first-order valence-electron chi connectivity index (χ1n) is 6.93. The number of fused-ring (bicyclic) bond motifs is 1. The summed E-state index contributed by atoms with van der Waals surface area (Å²) in [5, 5.41) is 4.28. The number of hydrogen-bond donors (Lipinski definition) is 0. The van der Waals surface area contributed by atoms with Crippen molar-refractivity contribution in [2.75, 3.05) is 24.7 Å². The quantitative estimate of drug-likeness (QED) is 0.723. The third kappa shape index (κ3) is 2.43.